The lowest BCUT2D eigenvalue weighted by atomic mass is 10.1. The zero-order valence-electron chi connectivity index (χ0n) is 9.84. The van der Waals surface area contributed by atoms with Gasteiger partial charge in [-0.3, -0.25) is 0 Å². The minimum absolute atomic E-state index is 0.0425. The Morgan fingerprint density at radius 2 is 1.88 bits per heavy atom. The van der Waals surface area contributed by atoms with Crippen molar-refractivity contribution in [1.82, 2.24) is 0 Å². The lowest BCUT2D eigenvalue weighted by molar-refractivity contribution is 0.597. The van der Waals surface area contributed by atoms with Gasteiger partial charge in [0.2, 0.25) is 0 Å². The summed E-state index contributed by atoms with van der Waals surface area (Å²) in [7, 11) is 1.86. The normalized spacial score (nSPS) is 16.4. The molecule has 0 aliphatic heterocycles. The summed E-state index contributed by atoms with van der Waals surface area (Å²) in [5.41, 5.74) is 12.3. The Bertz CT molecular complexity index is 430. The minimum Gasteiger partial charge on any atom is -0.397 e. The van der Waals surface area contributed by atoms with Crippen molar-refractivity contribution < 1.29 is 4.39 Å². The van der Waals surface area contributed by atoms with E-state index >= 15 is 0 Å². The van der Waals surface area contributed by atoms with Crippen molar-refractivity contribution in [2.24, 2.45) is 0 Å². The van der Waals surface area contributed by atoms with Gasteiger partial charge in [0.25, 0.3) is 0 Å². The number of nitrogens with zero attached hydrogens (tertiary/aromatic N) is 1. The average Bonchev–Trinajstić information content (AvgIpc) is 2.79. The molecule has 1 aromatic rings. The molecule has 5 heteroatoms. The summed E-state index contributed by atoms with van der Waals surface area (Å²) in [4.78, 5) is 1.89. The summed E-state index contributed by atoms with van der Waals surface area (Å²) in [6, 6.07) is 1.86. The van der Waals surface area contributed by atoms with Crippen molar-refractivity contribution in [2.75, 3.05) is 23.4 Å². The Kier molecular flexibility index (Phi) is 3.33. The van der Waals surface area contributed by atoms with E-state index in [2.05, 4.69) is 0 Å². The standard InChI is InChI=1S/C12H17ClFN3/c1-17(7-4-2-3-5-7)12-9(16)6-8(15)10(13)11(12)14/h6-7H,2-5,15-16H2,1H3. The molecule has 0 unspecified atom stereocenters. The predicted molar refractivity (Wildman–Crippen MR) is 70.9 cm³/mol. The van der Waals surface area contributed by atoms with Crippen LogP contribution in [0, 0.1) is 5.82 Å². The first kappa shape index (κ1) is 12.3. The Morgan fingerprint density at radius 3 is 2.47 bits per heavy atom. The van der Waals surface area contributed by atoms with E-state index in [1.54, 1.807) is 0 Å². The van der Waals surface area contributed by atoms with Crippen LogP contribution in [0.4, 0.5) is 21.5 Å². The van der Waals surface area contributed by atoms with Crippen LogP contribution in [-0.4, -0.2) is 13.1 Å². The van der Waals surface area contributed by atoms with E-state index in [9.17, 15) is 4.39 Å². The second-order valence-corrected chi connectivity index (χ2v) is 4.96. The second kappa shape index (κ2) is 4.61. The van der Waals surface area contributed by atoms with Crippen molar-refractivity contribution in [3.05, 3.63) is 16.9 Å². The molecule has 1 fully saturated rings. The number of nitrogens with two attached hydrogens (primary N) is 2. The van der Waals surface area contributed by atoms with E-state index in [1.165, 1.54) is 18.9 Å². The van der Waals surface area contributed by atoms with E-state index in [0.717, 1.165) is 12.8 Å². The third-order valence-corrected chi connectivity index (χ3v) is 3.85. The van der Waals surface area contributed by atoms with Gasteiger partial charge in [-0.1, -0.05) is 24.4 Å². The van der Waals surface area contributed by atoms with Gasteiger partial charge in [0, 0.05) is 13.1 Å². The summed E-state index contributed by atoms with van der Waals surface area (Å²) in [5.74, 6) is -0.515. The first-order valence-electron chi connectivity index (χ1n) is 5.78. The third kappa shape index (κ3) is 2.14. The molecule has 1 aliphatic carbocycles. The minimum atomic E-state index is -0.515. The summed E-state index contributed by atoms with van der Waals surface area (Å²) < 4.78 is 14.1. The molecule has 94 valence electrons. The van der Waals surface area contributed by atoms with Gasteiger partial charge < -0.3 is 16.4 Å². The van der Waals surface area contributed by atoms with Gasteiger partial charge in [0.15, 0.2) is 5.82 Å². The number of rotatable bonds is 2. The highest BCUT2D eigenvalue weighted by Gasteiger charge is 2.25. The summed E-state index contributed by atoms with van der Waals surface area (Å²) >= 11 is 5.82. The molecule has 4 N–H and O–H groups in total. The van der Waals surface area contributed by atoms with E-state index in [4.69, 9.17) is 23.1 Å². The van der Waals surface area contributed by atoms with Gasteiger partial charge in [-0.15, -0.1) is 0 Å². The lowest BCUT2D eigenvalue weighted by Crippen LogP contribution is -2.30. The Hall–Kier alpha value is -1.16. The number of hydrogen-bond acceptors (Lipinski definition) is 3. The number of benzene rings is 1. The summed E-state index contributed by atoms with van der Waals surface area (Å²) in [5, 5.41) is -0.0425. The molecule has 0 radical (unpaired) electrons. The molecule has 0 saturated heterocycles. The molecule has 0 bridgehead atoms. The molecule has 0 spiro atoms. The first-order chi connectivity index (χ1) is 8.02. The Labute approximate surface area is 106 Å². The van der Waals surface area contributed by atoms with Crippen molar-refractivity contribution in [3.8, 4) is 0 Å². The van der Waals surface area contributed by atoms with Gasteiger partial charge in [-0.25, -0.2) is 4.39 Å². The fourth-order valence-electron chi connectivity index (χ4n) is 2.49. The van der Waals surface area contributed by atoms with Crippen molar-refractivity contribution in [2.45, 2.75) is 31.7 Å². The highest BCUT2D eigenvalue weighted by molar-refractivity contribution is 6.33. The maximum absolute atomic E-state index is 14.1. The maximum Gasteiger partial charge on any atom is 0.169 e. The smallest absolute Gasteiger partial charge is 0.169 e. The Morgan fingerprint density at radius 1 is 1.29 bits per heavy atom. The SMILES string of the molecule is CN(c1c(N)cc(N)c(Cl)c1F)C1CCCC1. The van der Waals surface area contributed by atoms with Crippen molar-refractivity contribution in [3.63, 3.8) is 0 Å². The number of hydrogen-bond donors (Lipinski definition) is 2. The quantitative estimate of drug-likeness (QED) is 0.801. The fraction of sp³-hybridized carbons (Fsp3) is 0.500. The van der Waals surface area contributed by atoms with Crippen LogP contribution in [0.1, 0.15) is 25.7 Å². The molecule has 3 nitrogen and oxygen atoms in total. The van der Waals surface area contributed by atoms with Crippen LogP contribution in [0.3, 0.4) is 0 Å². The second-order valence-electron chi connectivity index (χ2n) is 4.58. The largest absolute Gasteiger partial charge is 0.397 e. The van der Waals surface area contributed by atoms with Gasteiger partial charge in [0.1, 0.15) is 5.02 Å². The van der Waals surface area contributed by atoms with E-state index in [0.29, 0.717) is 17.4 Å². The molecule has 1 aromatic carbocycles. The molecule has 0 amide bonds. The number of nitrogen functional groups attached to an aromatic ring is 2. The van der Waals surface area contributed by atoms with Crippen LogP contribution in [0.25, 0.3) is 0 Å². The first-order valence-corrected chi connectivity index (χ1v) is 6.16. The van der Waals surface area contributed by atoms with Gasteiger partial charge in [-0.2, -0.15) is 0 Å². The molecular weight excluding hydrogens is 241 g/mol. The lowest BCUT2D eigenvalue weighted by Gasteiger charge is -2.28. The van der Waals surface area contributed by atoms with Crippen molar-refractivity contribution in [1.29, 1.82) is 0 Å². The molecular formula is C12H17ClFN3. The van der Waals surface area contributed by atoms with Gasteiger partial charge >= 0.3 is 0 Å². The highest BCUT2D eigenvalue weighted by Crippen LogP contribution is 2.38. The highest BCUT2D eigenvalue weighted by atomic mass is 35.5. The summed E-state index contributed by atoms with van der Waals surface area (Å²) in [6.07, 6.45) is 4.49. The molecule has 2 rings (SSSR count). The zero-order valence-corrected chi connectivity index (χ0v) is 10.6. The molecule has 1 saturated carbocycles. The molecule has 1 aliphatic rings. The molecule has 17 heavy (non-hydrogen) atoms. The van der Waals surface area contributed by atoms with Crippen LogP contribution in [-0.2, 0) is 0 Å². The molecule has 0 aromatic heterocycles. The van der Waals surface area contributed by atoms with E-state index in [-0.39, 0.29) is 10.7 Å². The molecule has 0 heterocycles. The monoisotopic (exact) mass is 257 g/mol. The van der Waals surface area contributed by atoms with Crippen molar-refractivity contribution >= 4 is 28.7 Å². The number of halogens is 2. The zero-order chi connectivity index (χ0) is 12.6. The van der Waals surface area contributed by atoms with Gasteiger partial charge in [-0.05, 0) is 18.9 Å². The van der Waals surface area contributed by atoms with Crippen LogP contribution in [0.15, 0.2) is 6.07 Å². The Balaban J connectivity index is 2.40. The average molecular weight is 258 g/mol. The third-order valence-electron chi connectivity index (χ3n) is 3.46. The predicted octanol–water partition coefficient (Wildman–Crippen LogP) is 3.02. The maximum atomic E-state index is 14.1. The summed E-state index contributed by atoms with van der Waals surface area (Å²) in [6.45, 7) is 0. The molecule has 0 atom stereocenters. The number of anilines is 3. The van der Waals surface area contributed by atoms with E-state index < -0.39 is 5.82 Å². The topological polar surface area (TPSA) is 55.3 Å². The van der Waals surface area contributed by atoms with Crippen LogP contribution in [0.2, 0.25) is 5.02 Å². The van der Waals surface area contributed by atoms with Gasteiger partial charge in [0.05, 0.1) is 17.1 Å². The van der Waals surface area contributed by atoms with E-state index in [1.807, 2.05) is 11.9 Å². The fourth-order valence-corrected chi connectivity index (χ4v) is 2.63. The van der Waals surface area contributed by atoms with Crippen LogP contribution in [0.5, 0.6) is 0 Å². The van der Waals surface area contributed by atoms with Crippen LogP contribution < -0.4 is 16.4 Å². The van der Waals surface area contributed by atoms with Crippen LogP contribution >= 0.6 is 11.6 Å².